The van der Waals surface area contributed by atoms with E-state index in [2.05, 4.69) is 29.4 Å². The Hall–Kier alpha value is -3.63. The van der Waals surface area contributed by atoms with Crippen molar-refractivity contribution in [1.82, 2.24) is 4.98 Å². The van der Waals surface area contributed by atoms with Crippen LogP contribution in [0.2, 0.25) is 0 Å². The van der Waals surface area contributed by atoms with Crippen molar-refractivity contribution >= 4 is 28.5 Å². The van der Waals surface area contributed by atoms with E-state index >= 15 is 0 Å². The van der Waals surface area contributed by atoms with Gasteiger partial charge in [0, 0.05) is 10.9 Å². The number of ether oxygens (including phenoxy) is 2. The van der Waals surface area contributed by atoms with Crippen molar-refractivity contribution in [2.24, 2.45) is 0 Å². The number of nitriles is 1. The van der Waals surface area contributed by atoms with Crippen molar-refractivity contribution in [3.8, 4) is 28.8 Å². The van der Waals surface area contributed by atoms with E-state index in [9.17, 15) is 10.1 Å². The van der Waals surface area contributed by atoms with Crippen LogP contribution < -0.4 is 14.8 Å². The second-order valence-corrected chi connectivity index (χ2v) is 7.18. The maximum atomic E-state index is 12.6. The number of methoxy groups -OCH3 is 2. The number of amides is 1. The lowest BCUT2D eigenvalue weighted by atomic mass is 10.1. The maximum Gasteiger partial charge on any atom is 0.268 e. The molecule has 0 fully saturated rings. The van der Waals surface area contributed by atoms with E-state index in [1.807, 2.05) is 23.6 Å². The molecule has 7 heteroatoms. The first-order valence-corrected chi connectivity index (χ1v) is 10.2. The largest absolute Gasteiger partial charge is 0.493 e. The molecule has 3 aromatic rings. The molecule has 1 N–H and O–H groups in total. The number of benzene rings is 2. The summed E-state index contributed by atoms with van der Waals surface area (Å²) in [5, 5.41) is 14.5. The predicted octanol–water partition coefficient (Wildman–Crippen LogP) is 4.94. The first-order valence-electron chi connectivity index (χ1n) is 9.28. The van der Waals surface area contributed by atoms with Gasteiger partial charge in [0.15, 0.2) is 16.6 Å². The normalized spacial score (nSPS) is 10.9. The molecule has 0 radical (unpaired) electrons. The summed E-state index contributed by atoms with van der Waals surface area (Å²) in [4.78, 5) is 17.0. The monoisotopic (exact) mass is 419 g/mol. The van der Waals surface area contributed by atoms with Gasteiger partial charge < -0.3 is 9.47 Å². The summed E-state index contributed by atoms with van der Waals surface area (Å²) >= 11 is 1.31. The maximum absolute atomic E-state index is 12.6. The summed E-state index contributed by atoms with van der Waals surface area (Å²) in [6.45, 7) is 2.10. The van der Waals surface area contributed by atoms with Gasteiger partial charge in [0.1, 0.15) is 11.6 Å². The SMILES string of the molecule is CCc1ccc(-c2csc(NC(=O)/C(C#N)=C/c3ccc(OC)c(OC)c3)n2)cc1. The molecular weight excluding hydrogens is 398 g/mol. The molecule has 30 heavy (non-hydrogen) atoms. The van der Waals surface area contributed by atoms with Crippen LogP contribution in [0.25, 0.3) is 17.3 Å². The highest BCUT2D eigenvalue weighted by Gasteiger charge is 2.13. The molecule has 0 atom stereocenters. The minimum atomic E-state index is -0.519. The zero-order chi connectivity index (χ0) is 21.5. The van der Waals surface area contributed by atoms with Crippen LogP contribution in [-0.2, 0) is 11.2 Å². The third kappa shape index (κ3) is 4.85. The van der Waals surface area contributed by atoms with Gasteiger partial charge in [-0.25, -0.2) is 4.98 Å². The van der Waals surface area contributed by atoms with Crippen molar-refractivity contribution in [2.75, 3.05) is 19.5 Å². The average Bonchev–Trinajstić information content (AvgIpc) is 3.25. The van der Waals surface area contributed by atoms with E-state index in [1.165, 1.54) is 30.1 Å². The zero-order valence-corrected chi connectivity index (χ0v) is 17.7. The molecule has 152 valence electrons. The molecular formula is C23H21N3O3S. The highest BCUT2D eigenvalue weighted by molar-refractivity contribution is 7.14. The fourth-order valence-corrected chi connectivity index (χ4v) is 3.51. The minimum Gasteiger partial charge on any atom is -0.493 e. The van der Waals surface area contributed by atoms with Gasteiger partial charge in [-0.2, -0.15) is 5.26 Å². The van der Waals surface area contributed by atoms with Crippen LogP contribution in [0.15, 0.2) is 53.4 Å². The Bertz CT molecular complexity index is 1110. The second-order valence-electron chi connectivity index (χ2n) is 6.33. The number of nitrogens with zero attached hydrogens (tertiary/aromatic N) is 2. The van der Waals surface area contributed by atoms with E-state index in [4.69, 9.17) is 9.47 Å². The van der Waals surface area contributed by atoms with E-state index < -0.39 is 5.91 Å². The molecule has 0 unspecified atom stereocenters. The second kappa shape index (κ2) is 9.72. The summed E-state index contributed by atoms with van der Waals surface area (Å²) in [5.74, 6) is 0.567. The number of aryl methyl sites for hydroxylation is 1. The van der Waals surface area contributed by atoms with E-state index in [0.29, 0.717) is 22.2 Å². The number of hydrogen-bond acceptors (Lipinski definition) is 6. The average molecular weight is 420 g/mol. The first-order chi connectivity index (χ1) is 14.6. The van der Waals surface area contributed by atoms with Crippen molar-refractivity contribution in [3.63, 3.8) is 0 Å². The molecule has 0 bridgehead atoms. The van der Waals surface area contributed by atoms with Crippen molar-refractivity contribution in [2.45, 2.75) is 13.3 Å². The van der Waals surface area contributed by atoms with Gasteiger partial charge in [-0.15, -0.1) is 11.3 Å². The third-order valence-electron chi connectivity index (χ3n) is 4.47. The number of carbonyl (C=O) groups excluding carboxylic acids is 1. The molecule has 0 saturated carbocycles. The number of hydrogen-bond donors (Lipinski definition) is 1. The fourth-order valence-electron chi connectivity index (χ4n) is 2.80. The topological polar surface area (TPSA) is 84.2 Å². The number of rotatable bonds is 7. The quantitative estimate of drug-likeness (QED) is 0.433. The van der Waals surface area contributed by atoms with Gasteiger partial charge >= 0.3 is 0 Å². The van der Waals surface area contributed by atoms with Gasteiger partial charge in [0.2, 0.25) is 0 Å². The Labute approximate surface area is 179 Å². The van der Waals surface area contributed by atoms with Crippen LogP contribution in [0.1, 0.15) is 18.1 Å². The van der Waals surface area contributed by atoms with E-state index in [0.717, 1.165) is 17.7 Å². The molecule has 1 heterocycles. The Morgan fingerprint density at radius 1 is 1.17 bits per heavy atom. The van der Waals surface area contributed by atoms with Crippen LogP contribution in [0.4, 0.5) is 5.13 Å². The Kier molecular flexibility index (Phi) is 6.83. The number of carbonyl (C=O) groups is 1. The molecule has 0 aliphatic carbocycles. The molecule has 0 aliphatic heterocycles. The van der Waals surface area contributed by atoms with Gasteiger partial charge in [0.25, 0.3) is 5.91 Å². The summed E-state index contributed by atoms with van der Waals surface area (Å²) in [7, 11) is 3.07. The van der Waals surface area contributed by atoms with Gasteiger partial charge in [-0.3, -0.25) is 10.1 Å². The standard InChI is InChI=1S/C23H21N3O3S/c1-4-15-5-8-17(9-6-15)19-14-30-23(25-19)26-22(27)18(13-24)11-16-7-10-20(28-2)21(12-16)29-3/h5-12,14H,4H2,1-3H3,(H,25,26,27)/b18-11+. The summed E-state index contributed by atoms with van der Waals surface area (Å²) in [5.41, 5.74) is 3.62. The van der Waals surface area contributed by atoms with Crippen LogP contribution in [-0.4, -0.2) is 25.1 Å². The van der Waals surface area contributed by atoms with Gasteiger partial charge in [-0.05, 0) is 35.8 Å². The molecule has 6 nitrogen and oxygen atoms in total. The lowest BCUT2D eigenvalue weighted by Gasteiger charge is -2.08. The summed E-state index contributed by atoms with van der Waals surface area (Å²) in [6, 6.07) is 15.2. The highest BCUT2D eigenvalue weighted by atomic mass is 32.1. The number of anilines is 1. The van der Waals surface area contributed by atoms with Crippen LogP contribution in [0, 0.1) is 11.3 Å². The van der Waals surface area contributed by atoms with Gasteiger partial charge in [-0.1, -0.05) is 37.3 Å². The molecule has 1 aromatic heterocycles. The molecule has 0 saturated heterocycles. The van der Waals surface area contributed by atoms with Crippen LogP contribution in [0.5, 0.6) is 11.5 Å². The Morgan fingerprint density at radius 3 is 2.53 bits per heavy atom. The molecule has 0 spiro atoms. The number of aromatic nitrogens is 1. The van der Waals surface area contributed by atoms with E-state index in [1.54, 1.807) is 25.3 Å². The van der Waals surface area contributed by atoms with Crippen molar-refractivity contribution < 1.29 is 14.3 Å². The van der Waals surface area contributed by atoms with Crippen molar-refractivity contribution in [3.05, 3.63) is 64.5 Å². The Morgan fingerprint density at radius 2 is 1.90 bits per heavy atom. The summed E-state index contributed by atoms with van der Waals surface area (Å²) in [6.07, 6.45) is 2.47. The first kappa shape index (κ1) is 21.1. The predicted molar refractivity (Wildman–Crippen MR) is 119 cm³/mol. The number of thiazole rings is 1. The zero-order valence-electron chi connectivity index (χ0n) is 16.9. The molecule has 1 amide bonds. The van der Waals surface area contributed by atoms with Gasteiger partial charge in [0.05, 0.1) is 19.9 Å². The smallest absolute Gasteiger partial charge is 0.268 e. The van der Waals surface area contributed by atoms with E-state index in [-0.39, 0.29) is 5.57 Å². The third-order valence-corrected chi connectivity index (χ3v) is 5.22. The minimum absolute atomic E-state index is 0.0359. The molecule has 2 aromatic carbocycles. The lowest BCUT2D eigenvalue weighted by molar-refractivity contribution is -0.112. The lowest BCUT2D eigenvalue weighted by Crippen LogP contribution is -2.13. The summed E-state index contributed by atoms with van der Waals surface area (Å²) < 4.78 is 10.5. The van der Waals surface area contributed by atoms with Crippen molar-refractivity contribution in [1.29, 1.82) is 5.26 Å². The molecule has 0 aliphatic rings. The van der Waals surface area contributed by atoms with Crippen LogP contribution in [0.3, 0.4) is 0 Å². The van der Waals surface area contributed by atoms with Crippen LogP contribution >= 0.6 is 11.3 Å². The molecule has 3 rings (SSSR count). The Balaban J connectivity index is 1.76. The number of nitrogens with one attached hydrogen (secondary N) is 1. The fraction of sp³-hybridized carbons (Fsp3) is 0.174. The highest BCUT2D eigenvalue weighted by Crippen LogP contribution is 2.29.